The van der Waals surface area contributed by atoms with Crippen molar-refractivity contribution < 1.29 is 5.02 Å². The molecule has 2 atom stereocenters. The summed E-state index contributed by atoms with van der Waals surface area (Å²) in [5.74, 6) is 0.827. The molecule has 1 saturated heterocycles. The summed E-state index contributed by atoms with van der Waals surface area (Å²) in [4.78, 5) is 2.25. The van der Waals surface area contributed by atoms with E-state index in [1.807, 2.05) is 6.82 Å². The monoisotopic (exact) mass is 212 g/mol. The topological polar surface area (TPSA) is 35.5 Å². The van der Waals surface area contributed by atoms with Gasteiger partial charge in [-0.15, -0.1) is 0 Å². The van der Waals surface area contributed by atoms with Crippen molar-refractivity contribution in [2.75, 3.05) is 27.2 Å². The number of hydrogen-bond donors (Lipinski definition) is 2. The lowest BCUT2D eigenvalue weighted by Crippen LogP contribution is -2.33. The zero-order chi connectivity index (χ0) is 11.3. The van der Waals surface area contributed by atoms with Gasteiger partial charge in [0.05, 0.1) is 0 Å². The molecule has 88 valence electrons. The lowest BCUT2D eigenvalue weighted by atomic mass is 9.66. The average Bonchev–Trinajstić information content (AvgIpc) is 2.50. The molecule has 0 aromatic carbocycles. The number of nitrogens with one attached hydrogen (secondary N) is 1. The third kappa shape index (κ3) is 5.54. The van der Waals surface area contributed by atoms with Gasteiger partial charge in [-0.1, -0.05) is 13.2 Å². The number of nitrogens with zero attached hydrogens (tertiary/aromatic N) is 1. The first-order valence-corrected chi connectivity index (χ1v) is 6.14. The molecule has 2 unspecified atom stereocenters. The Morgan fingerprint density at radius 1 is 1.47 bits per heavy atom. The highest BCUT2D eigenvalue weighted by Crippen LogP contribution is 2.20. The fraction of sp³-hybridized carbons (Fsp3) is 1.00. The minimum Gasteiger partial charge on any atom is -0.451 e. The van der Waals surface area contributed by atoms with Gasteiger partial charge in [-0.05, 0) is 45.7 Å². The molecule has 0 saturated carbocycles. The predicted molar refractivity (Wildman–Crippen MR) is 66.3 cm³/mol. The summed E-state index contributed by atoms with van der Waals surface area (Å²) in [6.45, 7) is 4.06. The summed E-state index contributed by atoms with van der Waals surface area (Å²) < 4.78 is 0. The van der Waals surface area contributed by atoms with Gasteiger partial charge in [0.2, 0.25) is 0 Å². The van der Waals surface area contributed by atoms with E-state index in [2.05, 4.69) is 24.3 Å². The minimum absolute atomic E-state index is 0.128. The summed E-state index contributed by atoms with van der Waals surface area (Å²) in [6.07, 6.45) is 4.69. The summed E-state index contributed by atoms with van der Waals surface area (Å²) in [5, 5.41) is 12.7. The van der Waals surface area contributed by atoms with Gasteiger partial charge >= 0.3 is 0 Å². The normalized spacial score (nSPS) is 26.2. The zero-order valence-corrected chi connectivity index (χ0v) is 10.4. The zero-order valence-electron chi connectivity index (χ0n) is 10.4. The number of hydrogen-bond acceptors (Lipinski definition) is 3. The van der Waals surface area contributed by atoms with E-state index in [4.69, 9.17) is 0 Å². The molecule has 1 aliphatic rings. The lowest BCUT2D eigenvalue weighted by molar-refractivity contribution is 0.352. The van der Waals surface area contributed by atoms with Gasteiger partial charge in [0.1, 0.15) is 0 Å². The third-order valence-corrected chi connectivity index (χ3v) is 3.13. The summed E-state index contributed by atoms with van der Waals surface area (Å²) in [7, 11) is 4.25. The molecular weight excluding hydrogens is 187 g/mol. The van der Waals surface area contributed by atoms with Crippen molar-refractivity contribution in [1.29, 1.82) is 0 Å². The van der Waals surface area contributed by atoms with Crippen molar-refractivity contribution in [2.24, 2.45) is 5.92 Å². The maximum Gasteiger partial charge on any atom is 0.285 e. The Labute approximate surface area is 94.3 Å². The molecular formula is C11H25BN2O. The molecule has 2 N–H and O–H groups in total. The molecule has 1 fully saturated rings. The Balaban J connectivity index is 2.08. The summed E-state index contributed by atoms with van der Waals surface area (Å²) in [5.41, 5.74) is 0. The first kappa shape index (κ1) is 13.0. The van der Waals surface area contributed by atoms with Crippen molar-refractivity contribution in [3.8, 4) is 0 Å². The first-order valence-electron chi connectivity index (χ1n) is 6.14. The van der Waals surface area contributed by atoms with Crippen LogP contribution in [0.4, 0.5) is 0 Å². The van der Waals surface area contributed by atoms with E-state index in [-0.39, 0.29) is 6.92 Å². The second kappa shape index (κ2) is 6.51. The van der Waals surface area contributed by atoms with E-state index in [9.17, 15) is 5.02 Å². The van der Waals surface area contributed by atoms with Gasteiger partial charge in [-0.25, -0.2) is 0 Å². The van der Waals surface area contributed by atoms with E-state index in [1.165, 1.54) is 19.3 Å². The standard InChI is InChI=1S/C11H25BN2O/c1-12(15)6-4-5-10-7-11(13-8-10)9-14(2)3/h10-11,13,15H,4-9H2,1-3H3. The molecule has 0 aliphatic carbocycles. The highest BCUT2D eigenvalue weighted by molar-refractivity contribution is 6.48. The van der Waals surface area contributed by atoms with E-state index < -0.39 is 0 Å². The van der Waals surface area contributed by atoms with Gasteiger partial charge in [0.25, 0.3) is 6.92 Å². The smallest absolute Gasteiger partial charge is 0.285 e. The number of rotatable bonds is 6. The van der Waals surface area contributed by atoms with Gasteiger partial charge in [-0.2, -0.15) is 0 Å². The van der Waals surface area contributed by atoms with Crippen molar-refractivity contribution in [3.63, 3.8) is 0 Å². The van der Waals surface area contributed by atoms with E-state index in [1.54, 1.807) is 0 Å². The molecule has 0 bridgehead atoms. The molecule has 3 nitrogen and oxygen atoms in total. The van der Waals surface area contributed by atoms with Crippen LogP contribution in [0.15, 0.2) is 0 Å². The summed E-state index contributed by atoms with van der Waals surface area (Å²) in [6, 6.07) is 0.677. The highest BCUT2D eigenvalue weighted by atomic mass is 16.2. The third-order valence-electron chi connectivity index (χ3n) is 3.13. The average molecular weight is 212 g/mol. The fourth-order valence-electron chi connectivity index (χ4n) is 2.40. The molecule has 1 rings (SSSR count). The van der Waals surface area contributed by atoms with Gasteiger partial charge in [-0.3, -0.25) is 0 Å². The molecule has 0 radical (unpaired) electrons. The minimum atomic E-state index is -0.128. The van der Waals surface area contributed by atoms with Crippen LogP contribution < -0.4 is 5.32 Å². The van der Waals surface area contributed by atoms with Crippen LogP contribution in [0.5, 0.6) is 0 Å². The fourth-order valence-corrected chi connectivity index (χ4v) is 2.40. The SMILES string of the molecule is CB(O)CCCC1CNC(CN(C)C)C1. The van der Waals surface area contributed by atoms with Gasteiger partial charge in [0, 0.05) is 12.6 Å². The molecule has 1 heterocycles. The molecule has 0 aromatic heterocycles. The Morgan fingerprint density at radius 2 is 2.20 bits per heavy atom. The quantitative estimate of drug-likeness (QED) is 0.642. The predicted octanol–water partition coefficient (Wildman–Crippen LogP) is 0.920. The molecule has 15 heavy (non-hydrogen) atoms. The molecule has 4 heteroatoms. The van der Waals surface area contributed by atoms with Crippen LogP contribution in [0.3, 0.4) is 0 Å². The van der Waals surface area contributed by atoms with Crippen LogP contribution in [-0.4, -0.2) is 50.1 Å². The molecule has 0 amide bonds. The van der Waals surface area contributed by atoms with Crippen LogP contribution in [0.1, 0.15) is 19.3 Å². The lowest BCUT2D eigenvalue weighted by Gasteiger charge is -2.16. The van der Waals surface area contributed by atoms with Crippen molar-refractivity contribution in [3.05, 3.63) is 0 Å². The maximum absolute atomic E-state index is 9.17. The van der Waals surface area contributed by atoms with Crippen molar-refractivity contribution >= 4 is 6.92 Å². The second-order valence-electron chi connectivity index (χ2n) is 5.25. The second-order valence-corrected chi connectivity index (χ2v) is 5.25. The van der Waals surface area contributed by atoms with Gasteiger partial charge < -0.3 is 15.2 Å². The van der Waals surface area contributed by atoms with Crippen LogP contribution in [0.2, 0.25) is 13.1 Å². The van der Waals surface area contributed by atoms with Crippen LogP contribution in [-0.2, 0) is 0 Å². The van der Waals surface area contributed by atoms with E-state index in [0.29, 0.717) is 6.04 Å². The van der Waals surface area contributed by atoms with E-state index >= 15 is 0 Å². The van der Waals surface area contributed by atoms with E-state index in [0.717, 1.165) is 25.3 Å². The highest BCUT2D eigenvalue weighted by Gasteiger charge is 2.23. The summed E-state index contributed by atoms with van der Waals surface area (Å²) >= 11 is 0. The molecule has 0 aromatic rings. The first-order chi connectivity index (χ1) is 7.08. The largest absolute Gasteiger partial charge is 0.451 e. The molecule has 0 spiro atoms. The van der Waals surface area contributed by atoms with Crippen LogP contribution in [0.25, 0.3) is 0 Å². The Hall–Kier alpha value is -0.0551. The Bertz CT molecular complexity index is 176. The van der Waals surface area contributed by atoms with Crippen LogP contribution >= 0.6 is 0 Å². The van der Waals surface area contributed by atoms with Crippen molar-refractivity contribution in [1.82, 2.24) is 10.2 Å². The van der Waals surface area contributed by atoms with Crippen LogP contribution in [0, 0.1) is 5.92 Å². The Kier molecular flexibility index (Phi) is 5.65. The number of likely N-dealkylation sites (N-methyl/N-ethyl adjacent to an activating group) is 1. The maximum atomic E-state index is 9.17. The molecule has 1 aliphatic heterocycles. The van der Waals surface area contributed by atoms with Crippen molar-refractivity contribution in [2.45, 2.75) is 38.4 Å². The van der Waals surface area contributed by atoms with Gasteiger partial charge in [0.15, 0.2) is 0 Å². The Morgan fingerprint density at radius 3 is 2.80 bits per heavy atom.